The van der Waals surface area contributed by atoms with Crippen molar-refractivity contribution >= 4 is 34.8 Å². The monoisotopic (exact) mass is 377 g/mol. The summed E-state index contributed by atoms with van der Waals surface area (Å²) in [5, 5.41) is 3.57. The van der Waals surface area contributed by atoms with Gasteiger partial charge in [-0.05, 0) is 48.4 Å². The number of hydrogen-bond acceptors (Lipinski definition) is 2. The number of benzene rings is 2. The SMILES string of the molecule is O=C(CCc1ccc(Cl)cc1Cl)Nc1ccc(OC(F)(F)F)cc1. The maximum absolute atomic E-state index is 12.1. The number of anilines is 1. The number of rotatable bonds is 5. The first kappa shape index (κ1) is 18.4. The van der Waals surface area contributed by atoms with Crippen LogP contribution in [0.25, 0.3) is 0 Å². The number of hydrogen-bond donors (Lipinski definition) is 1. The molecular formula is C16H12Cl2F3NO2. The molecule has 2 rings (SSSR count). The fraction of sp³-hybridized carbons (Fsp3) is 0.188. The van der Waals surface area contributed by atoms with Gasteiger partial charge in [-0.1, -0.05) is 29.3 Å². The smallest absolute Gasteiger partial charge is 0.406 e. The van der Waals surface area contributed by atoms with Gasteiger partial charge in [-0.3, -0.25) is 4.79 Å². The van der Waals surface area contributed by atoms with Gasteiger partial charge in [-0.15, -0.1) is 13.2 Å². The maximum atomic E-state index is 12.1. The Labute approximate surface area is 146 Å². The van der Waals surface area contributed by atoms with Crippen molar-refractivity contribution in [2.45, 2.75) is 19.2 Å². The van der Waals surface area contributed by atoms with Crippen molar-refractivity contribution in [1.29, 1.82) is 0 Å². The second-order valence-electron chi connectivity index (χ2n) is 4.86. The number of aryl methyl sites for hydroxylation is 1. The van der Waals surface area contributed by atoms with E-state index in [1.54, 1.807) is 18.2 Å². The molecule has 8 heteroatoms. The van der Waals surface area contributed by atoms with Crippen molar-refractivity contribution in [3.63, 3.8) is 0 Å². The normalized spacial score (nSPS) is 11.2. The zero-order chi connectivity index (χ0) is 17.7. The van der Waals surface area contributed by atoms with Crippen molar-refractivity contribution in [3.8, 4) is 5.75 Å². The molecule has 0 atom stereocenters. The molecule has 0 aliphatic carbocycles. The Hall–Kier alpha value is -1.92. The van der Waals surface area contributed by atoms with E-state index in [0.717, 1.165) is 17.7 Å². The lowest BCUT2D eigenvalue weighted by molar-refractivity contribution is -0.274. The Morgan fingerprint density at radius 2 is 1.75 bits per heavy atom. The van der Waals surface area contributed by atoms with E-state index < -0.39 is 6.36 Å². The minimum absolute atomic E-state index is 0.169. The van der Waals surface area contributed by atoms with Crippen LogP contribution in [0.2, 0.25) is 10.0 Å². The number of halogens is 5. The highest BCUT2D eigenvalue weighted by Gasteiger charge is 2.30. The number of carbonyl (C=O) groups is 1. The summed E-state index contributed by atoms with van der Waals surface area (Å²) in [6.45, 7) is 0. The summed E-state index contributed by atoms with van der Waals surface area (Å²) in [6.07, 6.45) is -4.16. The summed E-state index contributed by atoms with van der Waals surface area (Å²) in [5.74, 6) is -0.640. The minimum Gasteiger partial charge on any atom is -0.406 e. The quantitative estimate of drug-likeness (QED) is 0.750. The van der Waals surface area contributed by atoms with Crippen LogP contribution >= 0.6 is 23.2 Å². The molecule has 0 bridgehead atoms. The fourth-order valence-corrected chi connectivity index (χ4v) is 2.44. The summed E-state index contributed by atoms with van der Waals surface area (Å²) >= 11 is 11.8. The van der Waals surface area contributed by atoms with Crippen LogP contribution in [0.3, 0.4) is 0 Å². The molecular weight excluding hydrogens is 366 g/mol. The lowest BCUT2D eigenvalue weighted by Gasteiger charge is -2.10. The maximum Gasteiger partial charge on any atom is 0.573 e. The van der Waals surface area contributed by atoms with Gasteiger partial charge in [-0.25, -0.2) is 0 Å². The summed E-state index contributed by atoms with van der Waals surface area (Å²) in [5.41, 5.74) is 1.15. The molecule has 0 aliphatic rings. The number of amides is 1. The van der Waals surface area contributed by atoms with Crippen LogP contribution in [0.1, 0.15) is 12.0 Å². The van der Waals surface area contributed by atoms with Gasteiger partial charge in [0.15, 0.2) is 0 Å². The van der Waals surface area contributed by atoms with E-state index in [4.69, 9.17) is 23.2 Å². The second-order valence-corrected chi connectivity index (χ2v) is 5.70. The van der Waals surface area contributed by atoms with Crippen LogP contribution in [0.15, 0.2) is 42.5 Å². The van der Waals surface area contributed by atoms with Gasteiger partial charge in [0.25, 0.3) is 0 Å². The highest BCUT2D eigenvalue weighted by atomic mass is 35.5. The van der Waals surface area contributed by atoms with E-state index in [2.05, 4.69) is 10.1 Å². The van der Waals surface area contributed by atoms with E-state index in [-0.39, 0.29) is 18.1 Å². The van der Waals surface area contributed by atoms with Crippen molar-refractivity contribution < 1.29 is 22.7 Å². The Balaban J connectivity index is 1.88. The number of ether oxygens (including phenoxy) is 1. The fourth-order valence-electron chi connectivity index (χ4n) is 1.94. The van der Waals surface area contributed by atoms with E-state index in [9.17, 15) is 18.0 Å². The summed E-state index contributed by atoms with van der Waals surface area (Å²) in [7, 11) is 0. The molecule has 2 aromatic carbocycles. The van der Waals surface area contributed by atoms with Gasteiger partial charge in [0.05, 0.1) is 0 Å². The zero-order valence-corrected chi connectivity index (χ0v) is 13.7. The first-order valence-corrected chi connectivity index (χ1v) is 7.58. The summed E-state index contributed by atoms with van der Waals surface area (Å²) < 4.78 is 39.9. The average Bonchev–Trinajstić information content (AvgIpc) is 2.47. The van der Waals surface area contributed by atoms with Crippen molar-refractivity contribution in [3.05, 3.63) is 58.1 Å². The molecule has 0 fully saturated rings. The molecule has 0 saturated heterocycles. The molecule has 0 heterocycles. The van der Waals surface area contributed by atoms with Crippen molar-refractivity contribution in [2.75, 3.05) is 5.32 Å². The van der Waals surface area contributed by atoms with E-state index in [1.807, 2.05) is 0 Å². The number of nitrogens with one attached hydrogen (secondary N) is 1. The molecule has 0 spiro atoms. The number of alkyl halides is 3. The van der Waals surface area contributed by atoms with Crippen LogP contribution in [-0.2, 0) is 11.2 Å². The standard InChI is InChI=1S/C16H12Cl2F3NO2/c17-11-3-1-10(14(18)9-11)2-8-15(23)22-12-4-6-13(7-5-12)24-16(19,20)21/h1,3-7,9H,2,8H2,(H,22,23). The Morgan fingerprint density at radius 3 is 2.33 bits per heavy atom. The third-order valence-corrected chi connectivity index (χ3v) is 3.60. The van der Waals surface area contributed by atoms with Gasteiger partial charge in [0, 0.05) is 22.2 Å². The molecule has 0 aliphatic heterocycles. The van der Waals surface area contributed by atoms with Gasteiger partial charge < -0.3 is 10.1 Å². The first-order chi connectivity index (χ1) is 11.2. The van der Waals surface area contributed by atoms with Gasteiger partial charge >= 0.3 is 6.36 Å². The van der Waals surface area contributed by atoms with Crippen LogP contribution < -0.4 is 10.1 Å². The van der Waals surface area contributed by atoms with E-state index in [0.29, 0.717) is 22.2 Å². The zero-order valence-electron chi connectivity index (χ0n) is 12.2. The lowest BCUT2D eigenvalue weighted by Crippen LogP contribution is -2.17. The van der Waals surface area contributed by atoms with Gasteiger partial charge in [0.1, 0.15) is 5.75 Å². The Bertz CT molecular complexity index is 718. The molecule has 1 amide bonds. The molecule has 0 aromatic heterocycles. The highest BCUT2D eigenvalue weighted by molar-refractivity contribution is 6.35. The van der Waals surface area contributed by atoms with Crippen LogP contribution in [-0.4, -0.2) is 12.3 Å². The number of carbonyl (C=O) groups excluding carboxylic acids is 1. The molecule has 0 saturated carbocycles. The van der Waals surface area contributed by atoms with Crippen molar-refractivity contribution in [2.24, 2.45) is 0 Å². The largest absolute Gasteiger partial charge is 0.573 e. The Morgan fingerprint density at radius 1 is 1.08 bits per heavy atom. The topological polar surface area (TPSA) is 38.3 Å². The molecule has 2 aromatic rings. The molecule has 128 valence electrons. The molecule has 0 radical (unpaired) electrons. The third-order valence-electron chi connectivity index (χ3n) is 3.01. The summed E-state index contributed by atoms with van der Waals surface area (Å²) in [6, 6.07) is 9.91. The first-order valence-electron chi connectivity index (χ1n) is 6.82. The molecule has 24 heavy (non-hydrogen) atoms. The van der Waals surface area contributed by atoms with Crippen LogP contribution in [0, 0.1) is 0 Å². The highest BCUT2D eigenvalue weighted by Crippen LogP contribution is 2.24. The van der Waals surface area contributed by atoms with Crippen molar-refractivity contribution in [1.82, 2.24) is 0 Å². The van der Waals surface area contributed by atoms with E-state index >= 15 is 0 Å². The molecule has 3 nitrogen and oxygen atoms in total. The summed E-state index contributed by atoms with van der Waals surface area (Å²) in [4.78, 5) is 11.9. The minimum atomic E-state index is -4.75. The lowest BCUT2D eigenvalue weighted by atomic mass is 10.1. The molecule has 1 N–H and O–H groups in total. The molecule has 0 unspecified atom stereocenters. The van der Waals surface area contributed by atoms with Crippen LogP contribution in [0.5, 0.6) is 5.75 Å². The average molecular weight is 378 g/mol. The van der Waals surface area contributed by atoms with Gasteiger partial charge in [-0.2, -0.15) is 0 Å². The third kappa shape index (κ3) is 5.94. The predicted molar refractivity (Wildman–Crippen MR) is 86.5 cm³/mol. The van der Waals surface area contributed by atoms with E-state index in [1.165, 1.54) is 12.1 Å². The predicted octanol–water partition coefficient (Wildman–Crippen LogP) is 5.46. The second kappa shape index (κ2) is 7.77. The Kier molecular flexibility index (Phi) is 5.96. The van der Waals surface area contributed by atoms with Gasteiger partial charge in [0.2, 0.25) is 5.91 Å². The van der Waals surface area contributed by atoms with Crippen LogP contribution in [0.4, 0.5) is 18.9 Å².